The monoisotopic (exact) mass is 499 g/mol. The molecule has 1 amide bonds. The second kappa shape index (κ2) is 10.6. The van der Waals surface area contributed by atoms with Crippen LogP contribution in [0.2, 0.25) is 0 Å². The van der Waals surface area contributed by atoms with E-state index in [4.69, 9.17) is 9.47 Å². The van der Waals surface area contributed by atoms with Gasteiger partial charge in [-0.1, -0.05) is 73.7 Å². The number of carbonyl (C=O) groups excluding carboxylic acids is 1. The fourth-order valence-corrected chi connectivity index (χ4v) is 6.54. The predicted molar refractivity (Wildman–Crippen MR) is 144 cm³/mol. The van der Waals surface area contributed by atoms with E-state index in [0.29, 0.717) is 37.8 Å². The number of likely N-dealkylation sites (tertiary alicyclic amines) is 1. The van der Waals surface area contributed by atoms with Crippen molar-refractivity contribution < 1.29 is 19.4 Å². The maximum atomic E-state index is 13.8. The lowest BCUT2D eigenvalue weighted by Gasteiger charge is -2.44. The van der Waals surface area contributed by atoms with Crippen LogP contribution in [0.5, 0.6) is 11.5 Å². The number of para-hydroxylation sites is 2. The Morgan fingerprint density at radius 3 is 2.43 bits per heavy atom. The number of aliphatic hydroxyl groups is 1. The fraction of sp³-hybridized carbons (Fsp3) is 0.406. The molecule has 1 aliphatic carbocycles. The van der Waals surface area contributed by atoms with Crippen molar-refractivity contribution in [3.63, 3.8) is 0 Å². The van der Waals surface area contributed by atoms with Gasteiger partial charge in [-0.2, -0.15) is 0 Å². The number of carbonyl (C=O) groups is 1. The highest BCUT2D eigenvalue weighted by Gasteiger charge is 2.53. The second-order valence-electron chi connectivity index (χ2n) is 10.8. The minimum absolute atomic E-state index is 0.0271. The number of rotatable bonds is 7. The zero-order valence-corrected chi connectivity index (χ0v) is 22.0. The lowest BCUT2D eigenvalue weighted by Crippen LogP contribution is -2.45. The number of fused-ring (bicyclic) bond motifs is 1. The number of ether oxygens (including phenoxy) is 2. The maximum absolute atomic E-state index is 13.8. The summed E-state index contributed by atoms with van der Waals surface area (Å²) in [7, 11) is 1.65. The van der Waals surface area contributed by atoms with Gasteiger partial charge in [-0.3, -0.25) is 4.79 Å². The van der Waals surface area contributed by atoms with E-state index in [1.165, 1.54) is 0 Å². The summed E-state index contributed by atoms with van der Waals surface area (Å²) in [5, 5.41) is 12.1. The van der Waals surface area contributed by atoms with E-state index in [1.807, 2.05) is 90.7 Å². The van der Waals surface area contributed by atoms with E-state index in [-0.39, 0.29) is 23.7 Å². The molecular weight excluding hydrogens is 462 g/mol. The van der Waals surface area contributed by atoms with Crippen LogP contribution in [-0.2, 0) is 17.0 Å². The second-order valence-corrected chi connectivity index (χ2v) is 10.8. The van der Waals surface area contributed by atoms with Crippen molar-refractivity contribution in [2.24, 2.45) is 17.8 Å². The van der Waals surface area contributed by atoms with Crippen molar-refractivity contribution in [1.82, 2.24) is 4.90 Å². The largest absolute Gasteiger partial charge is 0.496 e. The molecule has 3 aromatic rings. The molecule has 3 aromatic carbocycles. The van der Waals surface area contributed by atoms with E-state index < -0.39 is 5.60 Å². The number of hydrogen-bond donors (Lipinski definition) is 1. The van der Waals surface area contributed by atoms with Gasteiger partial charge in [0.1, 0.15) is 18.1 Å². The lowest BCUT2D eigenvalue weighted by molar-refractivity contribution is -0.132. The van der Waals surface area contributed by atoms with Gasteiger partial charge in [-0.15, -0.1) is 0 Å². The molecule has 1 unspecified atom stereocenters. The summed E-state index contributed by atoms with van der Waals surface area (Å²) in [6.45, 7) is 5.83. The molecular formula is C32H37NO4. The van der Waals surface area contributed by atoms with Gasteiger partial charge in [0, 0.05) is 30.1 Å². The number of benzene rings is 3. The summed E-state index contributed by atoms with van der Waals surface area (Å²) in [6, 6.07) is 25.6. The first kappa shape index (κ1) is 25.3. The number of nitrogens with zero attached hydrogens (tertiary/aromatic N) is 1. The van der Waals surface area contributed by atoms with Gasteiger partial charge >= 0.3 is 0 Å². The number of amides is 1. The maximum Gasteiger partial charge on any atom is 0.229 e. The predicted octanol–water partition coefficient (Wildman–Crippen LogP) is 5.77. The molecule has 0 aromatic heterocycles. The van der Waals surface area contributed by atoms with Gasteiger partial charge in [-0.25, -0.2) is 0 Å². The van der Waals surface area contributed by atoms with Crippen LogP contribution in [0.15, 0.2) is 78.9 Å². The van der Waals surface area contributed by atoms with Gasteiger partial charge in [0.15, 0.2) is 0 Å². The van der Waals surface area contributed by atoms with E-state index in [9.17, 15) is 9.90 Å². The Morgan fingerprint density at radius 1 is 1.00 bits per heavy atom. The van der Waals surface area contributed by atoms with Gasteiger partial charge in [-0.05, 0) is 49.3 Å². The highest BCUT2D eigenvalue weighted by molar-refractivity contribution is 5.84. The van der Waals surface area contributed by atoms with Crippen molar-refractivity contribution in [2.45, 2.75) is 44.8 Å². The van der Waals surface area contributed by atoms with Crippen LogP contribution in [-0.4, -0.2) is 36.1 Å². The Bertz CT molecular complexity index is 1230. The first-order valence-corrected chi connectivity index (χ1v) is 13.3. The van der Waals surface area contributed by atoms with Crippen LogP contribution in [0.1, 0.15) is 49.3 Å². The first-order valence-electron chi connectivity index (χ1n) is 13.3. The molecule has 37 heavy (non-hydrogen) atoms. The van der Waals surface area contributed by atoms with E-state index in [0.717, 1.165) is 28.9 Å². The lowest BCUT2D eigenvalue weighted by atomic mass is 9.64. The Balaban J connectivity index is 1.36. The average Bonchev–Trinajstić information content (AvgIpc) is 3.36. The Labute approximate surface area is 220 Å². The van der Waals surface area contributed by atoms with Gasteiger partial charge in [0.2, 0.25) is 5.91 Å². The van der Waals surface area contributed by atoms with Crippen LogP contribution < -0.4 is 9.47 Å². The van der Waals surface area contributed by atoms with Crippen molar-refractivity contribution >= 4 is 5.91 Å². The van der Waals surface area contributed by atoms with Crippen LogP contribution in [0.25, 0.3) is 0 Å². The van der Waals surface area contributed by atoms with Crippen molar-refractivity contribution in [1.29, 1.82) is 0 Å². The standard InChI is InChI=1S/C32H37NO4/c1-22-17-25-19-33(20-28(25)32(35,18-22)27-14-8-10-16-30(27)36-3)31(34)23(2)26-13-7-9-15-29(26)37-21-24-11-5-4-6-12-24/h4-16,22-23,25,28,35H,17-21H2,1-3H3/t22-,23?,25+,28-,32-/m1/s1. The van der Waals surface area contributed by atoms with Crippen molar-refractivity contribution in [3.05, 3.63) is 95.6 Å². The van der Waals surface area contributed by atoms with Crippen LogP contribution in [0.3, 0.4) is 0 Å². The highest BCUT2D eigenvalue weighted by Crippen LogP contribution is 2.52. The summed E-state index contributed by atoms with van der Waals surface area (Å²) in [5.74, 6) is 1.77. The molecule has 0 bridgehead atoms. The van der Waals surface area contributed by atoms with Crippen LogP contribution >= 0.6 is 0 Å². The quantitative estimate of drug-likeness (QED) is 0.448. The van der Waals surface area contributed by atoms with Crippen LogP contribution in [0.4, 0.5) is 0 Å². The summed E-state index contributed by atoms with van der Waals surface area (Å²) < 4.78 is 11.8. The zero-order valence-electron chi connectivity index (χ0n) is 22.0. The SMILES string of the molecule is COc1ccccc1[C@]1(O)C[C@H](C)C[C@H]2CN(C(=O)C(C)c3ccccc3OCc3ccccc3)C[C@H]21. The van der Waals surface area contributed by atoms with Gasteiger partial charge < -0.3 is 19.5 Å². The molecule has 1 N–H and O–H groups in total. The molecule has 5 heteroatoms. The number of hydrogen-bond acceptors (Lipinski definition) is 4. The third kappa shape index (κ3) is 4.97. The molecule has 194 valence electrons. The summed E-state index contributed by atoms with van der Waals surface area (Å²) in [5.41, 5.74) is 1.79. The summed E-state index contributed by atoms with van der Waals surface area (Å²) in [4.78, 5) is 15.8. The molecule has 1 heterocycles. The molecule has 0 spiro atoms. The normalized spacial score (nSPS) is 25.8. The molecule has 1 saturated carbocycles. The molecule has 0 radical (unpaired) electrons. The smallest absolute Gasteiger partial charge is 0.229 e. The van der Waals surface area contributed by atoms with E-state index in [1.54, 1.807) is 7.11 Å². The Morgan fingerprint density at radius 2 is 1.68 bits per heavy atom. The van der Waals surface area contributed by atoms with Gasteiger partial charge in [0.25, 0.3) is 0 Å². The molecule has 2 aliphatic rings. The summed E-state index contributed by atoms with van der Waals surface area (Å²) >= 11 is 0. The topological polar surface area (TPSA) is 59.0 Å². The average molecular weight is 500 g/mol. The minimum Gasteiger partial charge on any atom is -0.496 e. The van der Waals surface area contributed by atoms with Crippen LogP contribution in [0, 0.1) is 17.8 Å². The van der Waals surface area contributed by atoms with Crippen molar-refractivity contribution in [2.75, 3.05) is 20.2 Å². The fourth-order valence-electron chi connectivity index (χ4n) is 6.54. The first-order chi connectivity index (χ1) is 17.9. The minimum atomic E-state index is -1.02. The summed E-state index contributed by atoms with van der Waals surface area (Å²) in [6.07, 6.45) is 1.68. The third-order valence-corrected chi connectivity index (χ3v) is 8.30. The zero-order chi connectivity index (χ0) is 26.0. The van der Waals surface area contributed by atoms with Crippen molar-refractivity contribution in [3.8, 4) is 11.5 Å². The highest BCUT2D eigenvalue weighted by atomic mass is 16.5. The molecule has 5 rings (SSSR count). The number of methoxy groups -OCH3 is 1. The molecule has 5 nitrogen and oxygen atoms in total. The Hall–Kier alpha value is -3.31. The molecule has 1 saturated heterocycles. The van der Waals surface area contributed by atoms with E-state index in [2.05, 4.69) is 6.92 Å². The van der Waals surface area contributed by atoms with E-state index >= 15 is 0 Å². The molecule has 1 aliphatic heterocycles. The molecule has 2 fully saturated rings. The van der Waals surface area contributed by atoms with Gasteiger partial charge in [0.05, 0.1) is 18.6 Å². The Kier molecular flexibility index (Phi) is 7.25. The molecule has 5 atom stereocenters. The third-order valence-electron chi connectivity index (χ3n) is 8.30.